The van der Waals surface area contributed by atoms with Crippen molar-refractivity contribution < 1.29 is 9.90 Å². The SMILES string of the molecule is Cl.O=C([O-])[C@@H]1C[C@H]2CCCC[C@@H]2N1Cc1ccccc1. The molecule has 1 heterocycles. The number of carbonyl (C=O) groups is 1. The van der Waals surface area contributed by atoms with Gasteiger partial charge in [-0.3, -0.25) is 4.90 Å². The molecule has 0 unspecified atom stereocenters. The number of benzene rings is 1. The third-order valence-corrected chi connectivity index (χ3v) is 4.70. The van der Waals surface area contributed by atoms with Crippen LogP contribution in [0.5, 0.6) is 0 Å². The molecule has 0 aromatic heterocycles. The zero-order valence-electron chi connectivity index (χ0n) is 11.5. The molecule has 3 atom stereocenters. The molecular weight excluding hydrogens is 274 g/mol. The maximum Gasteiger partial charge on any atom is 0.0586 e. The van der Waals surface area contributed by atoms with Crippen molar-refractivity contribution in [3.05, 3.63) is 35.9 Å². The highest BCUT2D eigenvalue weighted by molar-refractivity contribution is 5.85. The van der Waals surface area contributed by atoms with Crippen molar-refractivity contribution in [3.8, 4) is 0 Å². The summed E-state index contributed by atoms with van der Waals surface area (Å²) in [6, 6.07) is 10.2. The molecule has 20 heavy (non-hydrogen) atoms. The van der Waals surface area contributed by atoms with Crippen LogP contribution in [0.2, 0.25) is 0 Å². The van der Waals surface area contributed by atoms with Gasteiger partial charge in [-0.2, -0.15) is 0 Å². The van der Waals surface area contributed by atoms with Gasteiger partial charge in [0.2, 0.25) is 0 Å². The van der Waals surface area contributed by atoms with Crippen molar-refractivity contribution in [2.75, 3.05) is 0 Å². The van der Waals surface area contributed by atoms with Gasteiger partial charge in [-0.1, -0.05) is 43.2 Å². The number of halogens is 1. The number of nitrogens with zero attached hydrogens (tertiary/aromatic N) is 1. The summed E-state index contributed by atoms with van der Waals surface area (Å²) in [6.07, 6.45) is 5.58. The number of aliphatic carboxylic acids is 1. The highest BCUT2D eigenvalue weighted by Crippen LogP contribution is 2.40. The standard InChI is InChI=1S/C16H21NO2.ClH/c18-16(19)15-10-13-8-4-5-9-14(13)17(15)11-12-6-2-1-3-7-12;/h1-3,6-7,13-15H,4-5,8-11H2,(H,18,19);1H/p-1/t13-,14+,15+;/m1./s1. The maximum absolute atomic E-state index is 11.4. The van der Waals surface area contributed by atoms with E-state index >= 15 is 0 Å². The van der Waals surface area contributed by atoms with Gasteiger partial charge in [-0.15, -0.1) is 12.4 Å². The lowest BCUT2D eigenvalue weighted by Gasteiger charge is -2.34. The van der Waals surface area contributed by atoms with E-state index in [9.17, 15) is 9.90 Å². The number of carbonyl (C=O) groups excluding carboxylic acids is 1. The predicted octanol–water partition coefficient (Wildman–Crippen LogP) is 1.99. The quantitative estimate of drug-likeness (QED) is 0.856. The Bertz CT molecular complexity index is 451. The van der Waals surface area contributed by atoms with Gasteiger partial charge in [-0.25, -0.2) is 0 Å². The van der Waals surface area contributed by atoms with Crippen LogP contribution in [0, 0.1) is 5.92 Å². The smallest absolute Gasteiger partial charge is 0.0586 e. The molecule has 1 aromatic carbocycles. The Balaban J connectivity index is 0.00000147. The van der Waals surface area contributed by atoms with Gasteiger partial charge in [0.05, 0.1) is 12.0 Å². The molecular formula is C16H21ClNO2-. The lowest BCUT2D eigenvalue weighted by Crippen LogP contribution is -2.47. The van der Waals surface area contributed by atoms with Gasteiger partial charge in [0.15, 0.2) is 0 Å². The summed E-state index contributed by atoms with van der Waals surface area (Å²) >= 11 is 0. The first-order valence-corrected chi connectivity index (χ1v) is 7.26. The molecule has 1 saturated carbocycles. The van der Waals surface area contributed by atoms with Crippen molar-refractivity contribution in [2.45, 2.75) is 50.7 Å². The van der Waals surface area contributed by atoms with E-state index in [0.717, 1.165) is 19.4 Å². The summed E-state index contributed by atoms with van der Waals surface area (Å²) in [5.74, 6) is -0.342. The second kappa shape index (κ2) is 6.59. The maximum atomic E-state index is 11.4. The van der Waals surface area contributed by atoms with E-state index in [1.165, 1.54) is 24.8 Å². The number of rotatable bonds is 3. The normalized spacial score (nSPS) is 29.5. The number of carboxylic acid groups (broad SMARTS) is 1. The fraction of sp³-hybridized carbons (Fsp3) is 0.562. The molecule has 4 heteroatoms. The first kappa shape index (κ1) is 15.3. The highest BCUT2D eigenvalue weighted by atomic mass is 35.5. The van der Waals surface area contributed by atoms with Crippen LogP contribution in [0.25, 0.3) is 0 Å². The lowest BCUT2D eigenvalue weighted by molar-refractivity contribution is -0.311. The van der Waals surface area contributed by atoms with Crippen molar-refractivity contribution >= 4 is 18.4 Å². The molecule has 2 fully saturated rings. The van der Waals surface area contributed by atoms with Gasteiger partial charge < -0.3 is 9.90 Å². The van der Waals surface area contributed by atoms with Crippen LogP contribution < -0.4 is 5.11 Å². The van der Waals surface area contributed by atoms with Crippen LogP contribution in [0.15, 0.2) is 30.3 Å². The second-order valence-corrected chi connectivity index (χ2v) is 5.84. The van der Waals surface area contributed by atoms with E-state index in [4.69, 9.17) is 0 Å². The van der Waals surface area contributed by atoms with E-state index in [2.05, 4.69) is 17.0 Å². The predicted molar refractivity (Wildman–Crippen MR) is 78.4 cm³/mol. The molecule has 2 aliphatic rings. The van der Waals surface area contributed by atoms with Gasteiger partial charge in [-0.05, 0) is 30.7 Å². The zero-order valence-corrected chi connectivity index (χ0v) is 12.3. The summed E-state index contributed by atoms with van der Waals surface area (Å²) in [7, 11) is 0. The highest BCUT2D eigenvalue weighted by Gasteiger charge is 2.42. The number of likely N-dealkylation sites (tertiary alicyclic amines) is 1. The van der Waals surface area contributed by atoms with Crippen molar-refractivity contribution in [1.82, 2.24) is 4.90 Å². The Morgan fingerprint density at radius 2 is 1.90 bits per heavy atom. The van der Waals surface area contributed by atoms with Crippen molar-refractivity contribution in [2.24, 2.45) is 5.92 Å². The molecule has 0 amide bonds. The monoisotopic (exact) mass is 294 g/mol. The van der Waals surface area contributed by atoms with Crippen LogP contribution in [0.1, 0.15) is 37.7 Å². The van der Waals surface area contributed by atoms with Crippen molar-refractivity contribution in [1.29, 1.82) is 0 Å². The van der Waals surface area contributed by atoms with Crippen LogP contribution in [-0.2, 0) is 11.3 Å². The first-order chi connectivity index (χ1) is 9.25. The van der Waals surface area contributed by atoms with E-state index in [0.29, 0.717) is 12.0 Å². The summed E-state index contributed by atoms with van der Waals surface area (Å²) in [5, 5.41) is 11.4. The fourth-order valence-corrected chi connectivity index (χ4v) is 3.81. The second-order valence-electron chi connectivity index (χ2n) is 5.84. The molecule has 0 N–H and O–H groups in total. The molecule has 110 valence electrons. The number of fused-ring (bicyclic) bond motifs is 1. The summed E-state index contributed by atoms with van der Waals surface area (Å²) in [6.45, 7) is 0.737. The third kappa shape index (κ3) is 2.99. The largest absolute Gasteiger partial charge is 0.548 e. The molecule has 1 saturated heterocycles. The average Bonchev–Trinajstić information content (AvgIpc) is 2.79. The minimum Gasteiger partial charge on any atom is -0.548 e. The van der Waals surface area contributed by atoms with Gasteiger partial charge in [0, 0.05) is 12.6 Å². The van der Waals surface area contributed by atoms with Crippen LogP contribution in [0.3, 0.4) is 0 Å². The van der Waals surface area contributed by atoms with E-state index in [1.807, 2.05) is 18.2 Å². The first-order valence-electron chi connectivity index (χ1n) is 7.26. The molecule has 0 bridgehead atoms. The zero-order chi connectivity index (χ0) is 13.2. The van der Waals surface area contributed by atoms with E-state index in [-0.39, 0.29) is 12.4 Å². The molecule has 0 radical (unpaired) electrons. The van der Waals surface area contributed by atoms with Crippen LogP contribution in [-0.4, -0.2) is 23.0 Å². The molecule has 3 nitrogen and oxygen atoms in total. The number of carboxylic acids is 1. The van der Waals surface area contributed by atoms with Crippen LogP contribution >= 0.6 is 12.4 Å². The fourth-order valence-electron chi connectivity index (χ4n) is 3.81. The van der Waals surface area contributed by atoms with Crippen LogP contribution in [0.4, 0.5) is 0 Å². The van der Waals surface area contributed by atoms with Gasteiger partial charge in [0.1, 0.15) is 0 Å². The third-order valence-electron chi connectivity index (χ3n) is 4.70. The summed E-state index contributed by atoms with van der Waals surface area (Å²) < 4.78 is 0. The Hall–Kier alpha value is -1.06. The van der Waals surface area contributed by atoms with Crippen molar-refractivity contribution in [3.63, 3.8) is 0 Å². The van der Waals surface area contributed by atoms with E-state index in [1.54, 1.807) is 0 Å². The van der Waals surface area contributed by atoms with Gasteiger partial charge in [0.25, 0.3) is 0 Å². The summed E-state index contributed by atoms with van der Waals surface area (Å²) in [4.78, 5) is 13.6. The minimum absolute atomic E-state index is 0. The minimum atomic E-state index is -0.898. The molecule has 0 spiro atoms. The molecule has 3 rings (SSSR count). The molecule has 1 aliphatic heterocycles. The Kier molecular flexibility index (Phi) is 5.06. The van der Waals surface area contributed by atoms with Gasteiger partial charge >= 0.3 is 0 Å². The molecule has 1 aromatic rings. The molecule has 1 aliphatic carbocycles. The lowest BCUT2D eigenvalue weighted by atomic mass is 9.84. The number of hydrogen-bond acceptors (Lipinski definition) is 3. The van der Waals surface area contributed by atoms with E-state index < -0.39 is 12.0 Å². The average molecular weight is 295 g/mol. The Labute approximate surface area is 126 Å². The Morgan fingerprint density at radius 3 is 2.60 bits per heavy atom. The number of hydrogen-bond donors (Lipinski definition) is 0. The topological polar surface area (TPSA) is 43.4 Å². The summed E-state index contributed by atoms with van der Waals surface area (Å²) in [5.41, 5.74) is 1.19. The Morgan fingerprint density at radius 1 is 1.20 bits per heavy atom.